The fourth-order valence-electron chi connectivity index (χ4n) is 3.62. The van der Waals surface area contributed by atoms with E-state index >= 15 is 0 Å². The zero-order chi connectivity index (χ0) is 19.7. The van der Waals surface area contributed by atoms with Gasteiger partial charge in [-0.3, -0.25) is 4.79 Å². The third-order valence-corrected chi connectivity index (χ3v) is 5.28. The summed E-state index contributed by atoms with van der Waals surface area (Å²) in [6, 6.07) is 6.48. The van der Waals surface area contributed by atoms with Gasteiger partial charge >= 0.3 is 5.63 Å². The van der Waals surface area contributed by atoms with Crippen LogP contribution in [-0.2, 0) is 9.53 Å². The van der Waals surface area contributed by atoms with Crippen LogP contribution in [0.1, 0.15) is 39.7 Å². The maximum atomic E-state index is 11.7. The lowest BCUT2D eigenvalue weighted by molar-refractivity contribution is -0.174. The van der Waals surface area contributed by atoms with Crippen LogP contribution in [0.15, 0.2) is 33.5 Å². The van der Waals surface area contributed by atoms with E-state index in [1.54, 1.807) is 6.07 Å². The first-order valence-electron chi connectivity index (χ1n) is 9.27. The molecule has 4 atom stereocenters. The zero-order valence-electron chi connectivity index (χ0n) is 16.4. The Morgan fingerprint density at radius 2 is 2.07 bits per heavy atom. The van der Waals surface area contributed by atoms with Crippen LogP contribution in [0.4, 0.5) is 0 Å². The molecular formula is C21H26NO5+. The van der Waals surface area contributed by atoms with E-state index in [9.17, 15) is 9.59 Å². The maximum Gasteiger partial charge on any atom is 0.336 e. The summed E-state index contributed by atoms with van der Waals surface area (Å²) >= 11 is 0. The van der Waals surface area contributed by atoms with Crippen molar-refractivity contribution in [3.8, 4) is 5.75 Å². The van der Waals surface area contributed by atoms with Gasteiger partial charge < -0.3 is 19.2 Å². The second-order valence-corrected chi connectivity index (χ2v) is 7.19. The first kappa shape index (κ1) is 19.3. The summed E-state index contributed by atoms with van der Waals surface area (Å²) in [4.78, 5) is 23.3. The number of ether oxygens (including phenoxy) is 2. The monoisotopic (exact) mass is 372 g/mol. The van der Waals surface area contributed by atoms with Crippen LogP contribution in [0.25, 0.3) is 11.0 Å². The topological polar surface area (TPSA) is 77.8 Å². The molecule has 3 rings (SSSR count). The molecule has 1 N–H and O–H groups in total. The van der Waals surface area contributed by atoms with Crippen LogP contribution in [-0.4, -0.2) is 24.3 Å². The van der Waals surface area contributed by atoms with Crippen molar-refractivity contribution < 1.29 is 18.7 Å². The number of hydrogen-bond acceptors (Lipinski definition) is 5. The van der Waals surface area contributed by atoms with Crippen molar-refractivity contribution in [3.63, 3.8) is 0 Å². The summed E-state index contributed by atoms with van der Waals surface area (Å²) in [5.41, 5.74) is 0.915. The fraction of sp³-hybridized carbons (Fsp3) is 0.476. The lowest BCUT2D eigenvalue weighted by Crippen LogP contribution is -2.57. The summed E-state index contributed by atoms with van der Waals surface area (Å²) in [6.07, 6.45) is 0.210. The molecule has 0 bridgehead atoms. The number of carbonyl (C=O) groups is 1. The smallest absolute Gasteiger partial charge is 0.336 e. The number of nitrogens with one attached hydrogen (secondary N) is 1. The molecule has 6 heteroatoms. The number of hydrogen-bond donors (Lipinski definition) is 1. The molecule has 27 heavy (non-hydrogen) atoms. The average molecular weight is 372 g/mol. The molecule has 1 saturated heterocycles. The van der Waals surface area contributed by atoms with Crippen molar-refractivity contribution in [2.75, 3.05) is 0 Å². The highest BCUT2D eigenvalue weighted by Crippen LogP contribution is 2.35. The van der Waals surface area contributed by atoms with Crippen molar-refractivity contribution in [3.05, 3.63) is 46.2 Å². The molecular weight excluding hydrogens is 346 g/mol. The van der Waals surface area contributed by atoms with Crippen LogP contribution in [0.2, 0.25) is 0 Å². The fourth-order valence-corrected chi connectivity index (χ4v) is 3.62. The standard InChI is InChI=1S/C21H25NO5/c1-6-17-12(3)13(4)20(22-14(5)23)21(27-17)25-15-7-8-16-11(2)9-19(24)26-18(16)10-15/h7-10,12,17,20-21H,6H2,1-5H3/p+1/t12-,17?,20?,21+/m0/s1. The van der Waals surface area contributed by atoms with E-state index in [1.165, 1.54) is 13.0 Å². The van der Waals surface area contributed by atoms with E-state index in [1.807, 2.05) is 26.0 Å². The highest BCUT2D eigenvalue weighted by molar-refractivity contribution is 5.81. The average Bonchev–Trinajstić information content (AvgIpc) is 2.60. The number of carbonyl (C=O) groups excluding carboxylic acids is 1. The number of rotatable bonds is 4. The molecule has 1 aromatic carbocycles. The lowest BCUT2D eigenvalue weighted by Gasteiger charge is -2.37. The minimum atomic E-state index is -0.649. The highest BCUT2D eigenvalue weighted by Gasteiger charge is 2.51. The highest BCUT2D eigenvalue weighted by atomic mass is 16.7. The molecule has 0 radical (unpaired) electrons. The maximum absolute atomic E-state index is 11.7. The molecule has 0 spiro atoms. The molecule has 2 heterocycles. The predicted octanol–water partition coefficient (Wildman–Crippen LogP) is 3.35. The molecule has 1 aromatic heterocycles. The van der Waals surface area contributed by atoms with Crippen LogP contribution in [0.3, 0.4) is 0 Å². The van der Waals surface area contributed by atoms with E-state index in [-0.39, 0.29) is 24.0 Å². The Morgan fingerprint density at radius 1 is 1.33 bits per heavy atom. The van der Waals surface area contributed by atoms with Gasteiger partial charge in [0.15, 0.2) is 0 Å². The summed E-state index contributed by atoms with van der Waals surface area (Å²) < 4.78 is 17.5. The van der Waals surface area contributed by atoms with Gasteiger partial charge in [0.05, 0.1) is 6.92 Å². The van der Waals surface area contributed by atoms with Gasteiger partial charge in [-0.1, -0.05) is 6.92 Å². The van der Waals surface area contributed by atoms with Gasteiger partial charge in [0.25, 0.3) is 6.29 Å². The van der Waals surface area contributed by atoms with Crippen molar-refractivity contribution in [2.45, 2.75) is 59.5 Å². The molecule has 144 valence electrons. The van der Waals surface area contributed by atoms with Crippen molar-refractivity contribution >= 4 is 16.9 Å². The van der Waals surface area contributed by atoms with Crippen LogP contribution in [0, 0.1) is 18.8 Å². The summed E-state index contributed by atoms with van der Waals surface area (Å²) in [5, 5.41) is 3.79. The first-order valence-corrected chi connectivity index (χ1v) is 9.27. The third kappa shape index (κ3) is 3.95. The predicted molar refractivity (Wildman–Crippen MR) is 102 cm³/mol. The van der Waals surface area contributed by atoms with Gasteiger partial charge in [-0.2, -0.15) is 0 Å². The Hall–Kier alpha value is -2.47. The SMILES string of the molecule is CCC1O[C@@H](Oc2ccc3c(C)cc(=O)oc3c2)C(NC(C)=O)[C+](C)[C@@H]1C. The molecule has 1 aliphatic heterocycles. The Labute approximate surface area is 158 Å². The van der Waals surface area contributed by atoms with Gasteiger partial charge in [0.2, 0.25) is 11.9 Å². The number of aryl methyl sites for hydroxylation is 1. The van der Waals surface area contributed by atoms with Crippen LogP contribution in [0.5, 0.6) is 5.75 Å². The molecule has 0 aliphatic carbocycles. The minimum Gasteiger partial charge on any atom is -0.458 e. The lowest BCUT2D eigenvalue weighted by atomic mass is 9.81. The summed E-state index contributed by atoms with van der Waals surface area (Å²) in [7, 11) is 0. The molecule has 6 nitrogen and oxygen atoms in total. The third-order valence-electron chi connectivity index (χ3n) is 5.28. The minimum absolute atomic E-state index is 0.0145. The van der Waals surface area contributed by atoms with Gasteiger partial charge in [-0.25, -0.2) is 4.79 Å². The quantitative estimate of drug-likeness (QED) is 0.658. The normalized spacial score (nSPS) is 25.4. The van der Waals surface area contributed by atoms with Gasteiger partial charge in [-0.05, 0) is 38.0 Å². The Morgan fingerprint density at radius 3 is 2.74 bits per heavy atom. The second kappa shape index (κ2) is 7.64. The molecule has 0 saturated carbocycles. The first-order chi connectivity index (χ1) is 12.8. The van der Waals surface area contributed by atoms with Crippen molar-refractivity contribution in [2.24, 2.45) is 5.92 Å². The largest absolute Gasteiger partial charge is 0.458 e. The van der Waals surface area contributed by atoms with Crippen LogP contribution >= 0.6 is 0 Å². The van der Waals surface area contributed by atoms with Gasteiger partial charge in [0.1, 0.15) is 29.3 Å². The van der Waals surface area contributed by atoms with E-state index in [0.29, 0.717) is 11.3 Å². The summed E-state index contributed by atoms with van der Waals surface area (Å²) in [5.74, 6) is 1.72. The second-order valence-electron chi connectivity index (χ2n) is 7.19. The van der Waals surface area contributed by atoms with E-state index in [2.05, 4.69) is 19.2 Å². The number of amides is 1. The van der Waals surface area contributed by atoms with Crippen molar-refractivity contribution in [1.29, 1.82) is 0 Å². The number of benzene rings is 1. The van der Waals surface area contributed by atoms with Gasteiger partial charge in [0, 0.05) is 24.4 Å². The van der Waals surface area contributed by atoms with Gasteiger partial charge in [-0.15, -0.1) is 0 Å². The molecule has 1 aliphatic rings. The molecule has 1 fully saturated rings. The molecule has 2 unspecified atom stereocenters. The van der Waals surface area contributed by atoms with Crippen molar-refractivity contribution in [1.82, 2.24) is 5.32 Å². The molecule has 2 aromatic rings. The van der Waals surface area contributed by atoms with Crippen LogP contribution < -0.4 is 15.7 Å². The zero-order valence-corrected chi connectivity index (χ0v) is 16.4. The Kier molecular flexibility index (Phi) is 5.46. The number of fused-ring (bicyclic) bond motifs is 1. The molecule has 1 amide bonds. The van der Waals surface area contributed by atoms with E-state index in [4.69, 9.17) is 13.9 Å². The van der Waals surface area contributed by atoms with E-state index in [0.717, 1.165) is 23.3 Å². The Balaban J connectivity index is 1.91. The summed E-state index contributed by atoms with van der Waals surface area (Å²) in [6.45, 7) is 9.53. The van der Waals surface area contributed by atoms with E-state index < -0.39 is 11.9 Å². The Bertz CT molecular complexity index is 890.